The molecular weight excluding hydrogens is 208 g/mol. The molecule has 2 nitrogen and oxygen atoms in total. The molecule has 0 amide bonds. The Morgan fingerprint density at radius 2 is 1.94 bits per heavy atom. The highest BCUT2D eigenvalue weighted by molar-refractivity contribution is 4.88. The normalized spacial score (nSPS) is 35.0. The number of hydrogen-bond donors (Lipinski definition) is 2. The van der Waals surface area contributed by atoms with Crippen LogP contribution in [0, 0.1) is 17.8 Å². The van der Waals surface area contributed by atoms with Gasteiger partial charge in [-0.2, -0.15) is 0 Å². The van der Waals surface area contributed by atoms with E-state index in [2.05, 4.69) is 12.0 Å². The predicted octanol–water partition coefficient (Wildman–Crippen LogP) is 3.39. The van der Waals surface area contributed by atoms with E-state index in [1.54, 1.807) is 0 Å². The van der Waals surface area contributed by atoms with Crippen LogP contribution < -0.4 is 11.3 Å². The maximum Gasteiger partial charge on any atom is 0.0241 e. The summed E-state index contributed by atoms with van der Waals surface area (Å²) in [5.41, 5.74) is 3.05. The maximum atomic E-state index is 5.73. The van der Waals surface area contributed by atoms with Crippen LogP contribution in [-0.2, 0) is 0 Å². The Balaban J connectivity index is 1.86. The van der Waals surface area contributed by atoms with Gasteiger partial charge in [0.05, 0.1) is 0 Å². The molecule has 0 bridgehead atoms. The molecule has 0 spiro atoms. The standard InChI is InChI=1S/C15H28N2/c1-2-3-8-15(17-16)14-10-9-12-6-4-5-7-13(12)11-14/h2,12-15,17H,1,3-11,16H2. The molecule has 0 aromatic carbocycles. The molecule has 0 aromatic rings. The molecule has 98 valence electrons. The largest absolute Gasteiger partial charge is 0.271 e. The van der Waals surface area contributed by atoms with Crippen LogP contribution in [0.5, 0.6) is 0 Å². The van der Waals surface area contributed by atoms with E-state index in [1.807, 2.05) is 6.08 Å². The summed E-state index contributed by atoms with van der Waals surface area (Å²) in [5.74, 6) is 8.57. The first-order chi connectivity index (χ1) is 8.35. The van der Waals surface area contributed by atoms with Crippen molar-refractivity contribution < 1.29 is 0 Å². The number of allylic oxidation sites excluding steroid dienone is 1. The van der Waals surface area contributed by atoms with E-state index in [-0.39, 0.29) is 0 Å². The van der Waals surface area contributed by atoms with Gasteiger partial charge in [0.2, 0.25) is 0 Å². The average molecular weight is 236 g/mol. The van der Waals surface area contributed by atoms with Gasteiger partial charge >= 0.3 is 0 Å². The Morgan fingerprint density at radius 3 is 2.65 bits per heavy atom. The molecule has 2 saturated carbocycles. The molecule has 0 heterocycles. The highest BCUT2D eigenvalue weighted by Gasteiger charge is 2.34. The Labute approximate surface area is 106 Å². The lowest BCUT2D eigenvalue weighted by Crippen LogP contribution is -2.44. The summed E-state index contributed by atoms with van der Waals surface area (Å²) in [7, 11) is 0. The van der Waals surface area contributed by atoms with E-state index in [0.717, 1.165) is 30.6 Å². The lowest BCUT2D eigenvalue weighted by molar-refractivity contribution is 0.107. The summed E-state index contributed by atoms with van der Waals surface area (Å²) in [6.07, 6.45) is 14.4. The summed E-state index contributed by atoms with van der Waals surface area (Å²) >= 11 is 0. The second-order valence-corrected chi connectivity index (χ2v) is 6.02. The van der Waals surface area contributed by atoms with Gasteiger partial charge in [0.25, 0.3) is 0 Å². The third kappa shape index (κ3) is 3.32. The highest BCUT2D eigenvalue weighted by Crippen LogP contribution is 2.43. The maximum absolute atomic E-state index is 5.73. The molecule has 0 aromatic heterocycles. The fraction of sp³-hybridized carbons (Fsp3) is 0.867. The van der Waals surface area contributed by atoms with Crippen molar-refractivity contribution in [2.75, 3.05) is 0 Å². The molecule has 2 rings (SSSR count). The zero-order valence-electron chi connectivity index (χ0n) is 11.0. The van der Waals surface area contributed by atoms with Crippen molar-refractivity contribution in [1.82, 2.24) is 5.43 Å². The second kappa shape index (κ2) is 6.55. The van der Waals surface area contributed by atoms with Crippen molar-refractivity contribution in [2.24, 2.45) is 23.6 Å². The van der Waals surface area contributed by atoms with Gasteiger partial charge in [0, 0.05) is 6.04 Å². The summed E-state index contributed by atoms with van der Waals surface area (Å²) in [6.45, 7) is 3.81. The first-order valence-electron chi connectivity index (χ1n) is 7.42. The predicted molar refractivity (Wildman–Crippen MR) is 73.3 cm³/mol. The quantitative estimate of drug-likeness (QED) is 0.436. The fourth-order valence-corrected chi connectivity index (χ4v) is 4.03. The van der Waals surface area contributed by atoms with Crippen molar-refractivity contribution in [2.45, 2.75) is 63.8 Å². The van der Waals surface area contributed by atoms with Gasteiger partial charge in [-0.05, 0) is 49.9 Å². The minimum absolute atomic E-state index is 0.510. The summed E-state index contributed by atoms with van der Waals surface area (Å²) < 4.78 is 0. The summed E-state index contributed by atoms with van der Waals surface area (Å²) in [5, 5.41) is 0. The second-order valence-electron chi connectivity index (χ2n) is 6.02. The Hall–Kier alpha value is -0.340. The summed E-state index contributed by atoms with van der Waals surface area (Å²) in [6, 6.07) is 0.510. The van der Waals surface area contributed by atoms with Crippen LogP contribution in [0.2, 0.25) is 0 Å². The molecule has 17 heavy (non-hydrogen) atoms. The van der Waals surface area contributed by atoms with E-state index in [4.69, 9.17) is 5.84 Å². The molecule has 2 heteroatoms. The van der Waals surface area contributed by atoms with Gasteiger partial charge in [-0.3, -0.25) is 11.3 Å². The molecule has 2 aliphatic rings. The van der Waals surface area contributed by atoms with Gasteiger partial charge in [0.15, 0.2) is 0 Å². The van der Waals surface area contributed by atoms with Crippen LogP contribution in [0.4, 0.5) is 0 Å². The van der Waals surface area contributed by atoms with Crippen LogP contribution >= 0.6 is 0 Å². The van der Waals surface area contributed by atoms with Gasteiger partial charge in [-0.15, -0.1) is 6.58 Å². The van der Waals surface area contributed by atoms with Gasteiger partial charge < -0.3 is 0 Å². The average Bonchev–Trinajstić information content (AvgIpc) is 2.39. The Morgan fingerprint density at radius 1 is 1.18 bits per heavy atom. The molecule has 2 aliphatic carbocycles. The molecule has 2 fully saturated rings. The molecular formula is C15H28N2. The number of hydrazine groups is 1. The highest BCUT2D eigenvalue weighted by atomic mass is 15.2. The number of rotatable bonds is 5. The van der Waals surface area contributed by atoms with Gasteiger partial charge in [-0.1, -0.05) is 31.8 Å². The van der Waals surface area contributed by atoms with E-state index in [0.29, 0.717) is 6.04 Å². The SMILES string of the molecule is C=CCCC(NN)C1CCC2CCCCC2C1. The third-order valence-corrected chi connectivity index (χ3v) is 5.05. The van der Waals surface area contributed by atoms with Crippen molar-refractivity contribution in [3.05, 3.63) is 12.7 Å². The van der Waals surface area contributed by atoms with Crippen molar-refractivity contribution >= 4 is 0 Å². The van der Waals surface area contributed by atoms with Crippen molar-refractivity contribution in [1.29, 1.82) is 0 Å². The molecule has 3 N–H and O–H groups in total. The van der Waals surface area contributed by atoms with Gasteiger partial charge in [0.1, 0.15) is 0 Å². The van der Waals surface area contributed by atoms with Crippen molar-refractivity contribution in [3.63, 3.8) is 0 Å². The lowest BCUT2D eigenvalue weighted by Gasteiger charge is -2.41. The monoisotopic (exact) mass is 236 g/mol. The van der Waals surface area contributed by atoms with Crippen molar-refractivity contribution in [3.8, 4) is 0 Å². The van der Waals surface area contributed by atoms with Crippen LogP contribution in [0.3, 0.4) is 0 Å². The first-order valence-corrected chi connectivity index (χ1v) is 7.42. The smallest absolute Gasteiger partial charge is 0.0241 e. The molecule has 0 aliphatic heterocycles. The number of nitrogens with two attached hydrogens (primary N) is 1. The number of hydrogen-bond acceptors (Lipinski definition) is 2. The van der Waals surface area contributed by atoms with E-state index in [9.17, 15) is 0 Å². The van der Waals surface area contributed by atoms with E-state index in [1.165, 1.54) is 44.9 Å². The molecule has 4 atom stereocenters. The van der Waals surface area contributed by atoms with Crippen LogP contribution in [0.15, 0.2) is 12.7 Å². The lowest BCUT2D eigenvalue weighted by atomic mass is 9.66. The molecule has 0 radical (unpaired) electrons. The first kappa shape index (κ1) is 13.1. The minimum Gasteiger partial charge on any atom is -0.271 e. The summed E-state index contributed by atoms with van der Waals surface area (Å²) in [4.78, 5) is 0. The van der Waals surface area contributed by atoms with Gasteiger partial charge in [-0.25, -0.2) is 0 Å². The number of fused-ring (bicyclic) bond motifs is 1. The third-order valence-electron chi connectivity index (χ3n) is 5.05. The fourth-order valence-electron chi connectivity index (χ4n) is 4.03. The topological polar surface area (TPSA) is 38.0 Å². The number of nitrogens with one attached hydrogen (secondary N) is 1. The Bertz CT molecular complexity index is 239. The zero-order valence-corrected chi connectivity index (χ0v) is 11.0. The minimum atomic E-state index is 0.510. The van der Waals surface area contributed by atoms with Crippen LogP contribution in [0.1, 0.15) is 57.8 Å². The molecule has 0 saturated heterocycles. The van der Waals surface area contributed by atoms with E-state index < -0.39 is 0 Å². The zero-order chi connectivity index (χ0) is 12.1. The van der Waals surface area contributed by atoms with Crippen LogP contribution in [-0.4, -0.2) is 6.04 Å². The van der Waals surface area contributed by atoms with E-state index >= 15 is 0 Å². The van der Waals surface area contributed by atoms with Crippen LogP contribution in [0.25, 0.3) is 0 Å². The Kier molecular flexibility index (Phi) is 5.05. The molecule has 4 unspecified atom stereocenters.